The predicted octanol–water partition coefficient (Wildman–Crippen LogP) is 21.0. The van der Waals surface area contributed by atoms with Crippen LogP contribution in [-0.4, -0.2) is 13.4 Å². The summed E-state index contributed by atoms with van der Waals surface area (Å²) in [4.78, 5) is 8.02. The second kappa shape index (κ2) is 24.6. The Morgan fingerprint density at radius 3 is 1.18 bits per heavy atom. The summed E-state index contributed by atoms with van der Waals surface area (Å²) in [5.74, 6) is -5.63. The van der Waals surface area contributed by atoms with Crippen molar-refractivity contribution in [2.45, 2.75) is 22.9 Å². The number of para-hydroxylation sites is 7. The number of nitrogens with zero attached hydrogens (tertiary/aromatic N) is 5. The zero-order valence-electron chi connectivity index (χ0n) is 54.5. The summed E-state index contributed by atoms with van der Waals surface area (Å²) in [6.07, 6.45) is -5.20. The van der Waals surface area contributed by atoms with Gasteiger partial charge in [-0.25, -0.2) is 26.3 Å². The molecular formula is C86H52B2F9N5S. The van der Waals surface area contributed by atoms with E-state index in [0.29, 0.717) is 66.4 Å². The van der Waals surface area contributed by atoms with Gasteiger partial charge in [-0.3, -0.25) is 0 Å². The van der Waals surface area contributed by atoms with Crippen LogP contribution in [0.25, 0.3) is 22.3 Å². The SMILES string of the molecule is Cc1ccccc1N1c2cc(N(c3ccccc3)c3c(F)cccc3F)cc3c2B(c2ccccc2N3c2c(F)cccc2F)c2cc3c(c(C(F)(F)F)c21)Sc1cc(N(c2ccc(-c4ccccc4)cc2)c2ccc(-c4ccccc4)cc2)cc2c1B3c1ccccc1N2c1c(F)cccc1F. The first-order chi connectivity index (χ1) is 50.2. The highest BCUT2D eigenvalue weighted by atomic mass is 32.2. The van der Waals surface area contributed by atoms with E-state index in [1.165, 1.54) is 40.1 Å². The zero-order valence-corrected chi connectivity index (χ0v) is 55.3. The Bertz CT molecular complexity index is 5610. The maximum atomic E-state index is 18.3. The molecule has 0 atom stereocenters. The van der Waals surface area contributed by atoms with Gasteiger partial charge in [-0.1, -0.05) is 199 Å². The fourth-order valence-electron chi connectivity index (χ4n) is 15.7. The van der Waals surface area contributed by atoms with E-state index in [2.05, 4.69) is 0 Å². The largest absolute Gasteiger partial charge is 0.419 e. The third-order valence-electron chi connectivity index (χ3n) is 20.0. The highest BCUT2D eigenvalue weighted by Crippen LogP contribution is 2.56. The average Bonchev–Trinajstić information content (AvgIpc) is 0.687. The third kappa shape index (κ3) is 10.2. The maximum Gasteiger partial charge on any atom is 0.419 e. The van der Waals surface area contributed by atoms with Crippen LogP contribution in [0.3, 0.4) is 0 Å². The minimum atomic E-state index is -5.20. The summed E-state index contributed by atoms with van der Waals surface area (Å²) in [7, 11) is 0. The standard InChI is InChI=1S/C86H52B2F9N5S/c1-51-20-11-14-35-71(51)100-74-46-59(99(56-25-9-4-10-26-56)82-65(89)29-17-30-66(82)90)47-75-79(74)87(61-27-12-15-36-72(61)101(75)83-67(91)31-18-32-68(83)92)63-50-64-85(78(81(63)100)86(95,96)97)103-77-49-60(48-76-80(77)88(64)62-28-13-16-37-73(62)102(76)84-69(93)33-19-34-70(84)94)98(57-42-38-54(39-43-57)52-21-5-2-6-22-52)58-44-40-55(41-45-58)53-23-7-3-8-24-53/h2-50H,1H3. The quantitative estimate of drug-likeness (QED) is 0.0941. The molecule has 0 N–H and O–H groups in total. The van der Waals surface area contributed by atoms with Gasteiger partial charge < -0.3 is 24.5 Å². The van der Waals surface area contributed by atoms with E-state index in [0.717, 1.165) is 58.3 Å². The molecule has 0 aliphatic carbocycles. The Morgan fingerprint density at radius 2 is 0.699 bits per heavy atom. The number of hydrogen-bond donors (Lipinski definition) is 0. The molecule has 496 valence electrons. The van der Waals surface area contributed by atoms with Gasteiger partial charge in [0.15, 0.2) is 0 Å². The summed E-state index contributed by atoms with van der Waals surface area (Å²) in [5, 5.41) is 0. The van der Waals surface area contributed by atoms with Crippen LogP contribution in [0.1, 0.15) is 11.1 Å². The molecule has 14 aromatic carbocycles. The molecule has 5 nitrogen and oxygen atoms in total. The van der Waals surface area contributed by atoms with Crippen molar-refractivity contribution >= 4 is 143 Å². The van der Waals surface area contributed by atoms with Crippen LogP contribution < -0.4 is 57.3 Å². The van der Waals surface area contributed by atoms with Crippen molar-refractivity contribution in [3.05, 3.63) is 343 Å². The number of hydrogen-bond acceptors (Lipinski definition) is 6. The predicted molar refractivity (Wildman–Crippen MR) is 400 cm³/mol. The lowest BCUT2D eigenvalue weighted by atomic mass is 9.30. The van der Waals surface area contributed by atoms with E-state index in [1.54, 1.807) is 132 Å². The second-order valence-electron chi connectivity index (χ2n) is 25.8. The number of aryl methyl sites for hydroxylation is 1. The highest BCUT2D eigenvalue weighted by Gasteiger charge is 2.53. The van der Waals surface area contributed by atoms with Crippen LogP contribution >= 0.6 is 11.8 Å². The Balaban J connectivity index is 0.949. The van der Waals surface area contributed by atoms with E-state index in [-0.39, 0.29) is 49.9 Å². The van der Waals surface area contributed by atoms with Crippen LogP contribution in [0.5, 0.6) is 0 Å². The normalized spacial score (nSPS) is 13.0. The summed E-state index contributed by atoms with van der Waals surface area (Å²) in [6.45, 7) is -0.442. The molecule has 14 aromatic rings. The van der Waals surface area contributed by atoms with Crippen molar-refractivity contribution in [1.82, 2.24) is 0 Å². The molecule has 0 amide bonds. The number of fused-ring (bicyclic) bond motifs is 8. The lowest BCUT2D eigenvalue weighted by Gasteiger charge is -2.47. The van der Waals surface area contributed by atoms with Gasteiger partial charge in [0.05, 0.1) is 16.9 Å². The smallest absolute Gasteiger partial charge is 0.310 e. The summed E-state index contributed by atoms with van der Waals surface area (Å²) in [6, 6.07) is 84.0. The first kappa shape index (κ1) is 63.1. The Morgan fingerprint density at radius 1 is 0.311 bits per heavy atom. The van der Waals surface area contributed by atoms with Gasteiger partial charge in [0, 0.05) is 66.7 Å². The lowest BCUT2D eigenvalue weighted by molar-refractivity contribution is -0.139. The van der Waals surface area contributed by atoms with E-state index in [9.17, 15) is 0 Å². The van der Waals surface area contributed by atoms with Gasteiger partial charge in [-0.15, -0.1) is 0 Å². The van der Waals surface area contributed by atoms with Crippen molar-refractivity contribution in [3.63, 3.8) is 0 Å². The second-order valence-corrected chi connectivity index (χ2v) is 26.9. The van der Waals surface area contributed by atoms with Crippen LogP contribution in [0.4, 0.5) is 125 Å². The van der Waals surface area contributed by atoms with Crippen LogP contribution in [0, 0.1) is 41.8 Å². The molecule has 4 heterocycles. The third-order valence-corrected chi connectivity index (χ3v) is 21.2. The monoisotopic (exact) mass is 1380 g/mol. The van der Waals surface area contributed by atoms with Crippen LogP contribution in [0.2, 0.25) is 0 Å². The van der Waals surface area contributed by atoms with Crippen LogP contribution in [-0.2, 0) is 6.18 Å². The summed E-state index contributed by atoms with van der Waals surface area (Å²) in [5.41, 5.74) is 7.08. The molecule has 4 aliphatic rings. The fourth-order valence-corrected chi connectivity index (χ4v) is 17.0. The van der Waals surface area contributed by atoms with Crippen molar-refractivity contribution in [3.8, 4) is 22.3 Å². The van der Waals surface area contributed by atoms with Gasteiger partial charge in [0.2, 0.25) is 6.71 Å². The molecule has 4 aliphatic heterocycles. The number of halogens is 9. The van der Waals surface area contributed by atoms with E-state index in [4.69, 9.17) is 0 Å². The first-order valence-electron chi connectivity index (χ1n) is 33.4. The minimum Gasteiger partial charge on any atom is -0.310 e. The van der Waals surface area contributed by atoms with Crippen molar-refractivity contribution in [1.29, 1.82) is 0 Å². The molecule has 0 saturated heterocycles. The molecule has 0 unspecified atom stereocenters. The summed E-state index contributed by atoms with van der Waals surface area (Å²) >= 11 is 0.908. The van der Waals surface area contributed by atoms with Gasteiger partial charge in [-0.2, -0.15) is 13.2 Å². The average molecular weight is 1380 g/mol. The van der Waals surface area contributed by atoms with Crippen molar-refractivity contribution in [2.24, 2.45) is 0 Å². The van der Waals surface area contributed by atoms with E-state index in [1.807, 2.05) is 132 Å². The van der Waals surface area contributed by atoms with Gasteiger partial charge >= 0.3 is 6.18 Å². The lowest BCUT2D eigenvalue weighted by Crippen LogP contribution is -2.65. The molecule has 18 rings (SSSR count). The molecular weight excluding hydrogens is 1330 g/mol. The molecule has 0 bridgehead atoms. The first-order valence-corrected chi connectivity index (χ1v) is 34.2. The van der Waals surface area contributed by atoms with Gasteiger partial charge in [-0.05, 0) is 177 Å². The molecule has 0 spiro atoms. The number of alkyl halides is 3. The molecule has 0 aromatic heterocycles. The van der Waals surface area contributed by atoms with Gasteiger partial charge in [0.25, 0.3) is 6.71 Å². The summed E-state index contributed by atoms with van der Waals surface area (Å²) < 4.78 is 157. The minimum absolute atomic E-state index is 0.0318. The van der Waals surface area contributed by atoms with E-state index >= 15 is 39.5 Å². The number of rotatable bonds is 11. The topological polar surface area (TPSA) is 16.2 Å². The molecule has 0 fully saturated rings. The zero-order chi connectivity index (χ0) is 70.1. The number of benzene rings is 14. The Kier molecular flexibility index (Phi) is 15.1. The number of anilines is 15. The molecule has 17 heteroatoms. The Labute approximate surface area is 592 Å². The molecule has 103 heavy (non-hydrogen) atoms. The Hall–Kier alpha value is -12.1. The maximum absolute atomic E-state index is 18.3. The van der Waals surface area contributed by atoms with Crippen molar-refractivity contribution < 1.29 is 39.5 Å². The highest BCUT2D eigenvalue weighted by molar-refractivity contribution is 8.00. The molecule has 0 radical (unpaired) electrons. The van der Waals surface area contributed by atoms with Gasteiger partial charge in [0.1, 0.15) is 52.0 Å². The fraction of sp³-hybridized carbons (Fsp3) is 0.0233. The van der Waals surface area contributed by atoms with Crippen LogP contribution in [0.15, 0.2) is 307 Å². The molecule has 0 saturated carbocycles. The van der Waals surface area contributed by atoms with E-state index < -0.39 is 77.1 Å². The van der Waals surface area contributed by atoms with Crippen molar-refractivity contribution in [2.75, 3.05) is 24.5 Å².